The number of hydrogen-bond acceptors (Lipinski definition) is 18. The summed E-state index contributed by atoms with van der Waals surface area (Å²) in [5.74, 6) is -3.93. The molecule has 0 aromatic heterocycles. The zero-order valence-corrected chi connectivity index (χ0v) is 77.2. The highest BCUT2D eigenvalue weighted by atomic mass is 32.2. The van der Waals surface area contributed by atoms with Crippen molar-refractivity contribution in [3.63, 3.8) is 0 Å². The smallest absolute Gasteiger partial charge is 0.338 e. The number of likely N-dealkylation sites (tertiary alicyclic amines) is 1. The number of fused-ring (bicyclic) bond motifs is 5. The van der Waals surface area contributed by atoms with E-state index in [1.165, 1.54) is 60.7 Å². The molecule has 17 rings (SSSR count). The van der Waals surface area contributed by atoms with Crippen molar-refractivity contribution in [2.24, 2.45) is 5.92 Å². The minimum atomic E-state index is -4.09. The summed E-state index contributed by atoms with van der Waals surface area (Å²) >= 11 is 0. The molecule has 1 fully saturated rings. The Morgan fingerprint density at radius 3 is 1.33 bits per heavy atom. The fourth-order valence-corrected chi connectivity index (χ4v) is 21.8. The summed E-state index contributed by atoms with van der Waals surface area (Å²) in [6, 6.07) is 70.6. The Morgan fingerprint density at radius 2 is 0.837 bits per heavy atom. The van der Waals surface area contributed by atoms with Gasteiger partial charge in [0.2, 0.25) is 77.3 Å². The van der Waals surface area contributed by atoms with E-state index in [0.717, 1.165) is 64.8 Å². The summed E-state index contributed by atoms with van der Waals surface area (Å²) in [5, 5.41) is 16.3. The average molecular weight is 1910 g/mol. The lowest BCUT2D eigenvalue weighted by molar-refractivity contribution is -0.134. The first kappa shape index (κ1) is 97.3. The molecule has 34 heteroatoms. The Balaban J connectivity index is 0.000000144. The third-order valence-corrected chi connectivity index (χ3v) is 29.8. The minimum absolute atomic E-state index is 0.00225. The molecule has 0 radical (unpaired) electrons. The van der Waals surface area contributed by atoms with Crippen LogP contribution in [0.1, 0.15) is 131 Å². The van der Waals surface area contributed by atoms with Crippen molar-refractivity contribution in [3.05, 3.63) is 328 Å². The molecule has 6 aliphatic heterocycles. The van der Waals surface area contributed by atoms with E-state index < -0.39 is 93.3 Å². The van der Waals surface area contributed by atoms with Crippen LogP contribution in [-0.2, 0) is 128 Å². The number of sulfonamides is 3. The maximum absolute atomic E-state index is 13.8. The Labute approximate surface area is 783 Å². The zero-order valence-electron chi connectivity index (χ0n) is 74.0. The summed E-state index contributed by atoms with van der Waals surface area (Å²) < 4.78 is 133. The number of nitrogens with one attached hydrogen (secondary N) is 9. The maximum atomic E-state index is 13.8. The van der Waals surface area contributed by atoms with Gasteiger partial charge in [-0.2, -0.15) is 14.2 Å². The molecule has 0 saturated carbocycles. The molecule has 1 saturated heterocycles. The van der Waals surface area contributed by atoms with Gasteiger partial charge in [-0.05, 0) is 242 Å². The second kappa shape index (κ2) is 44.0. The number of rotatable bonds is 26. The molecular weight excluding hydrogens is 1800 g/mol. The van der Waals surface area contributed by atoms with Crippen LogP contribution in [0.2, 0.25) is 0 Å². The molecule has 0 spiro atoms. The van der Waals surface area contributed by atoms with Crippen molar-refractivity contribution in [3.8, 4) is 0 Å². The summed E-state index contributed by atoms with van der Waals surface area (Å²) in [5.41, 5.74) is 10.9. The molecule has 8 amide bonds. The molecule has 29 nitrogen and oxygen atoms in total. The van der Waals surface area contributed by atoms with Gasteiger partial charge in [-0.15, -0.1) is 0 Å². The van der Waals surface area contributed by atoms with Crippen LogP contribution in [0.15, 0.2) is 287 Å². The van der Waals surface area contributed by atoms with Gasteiger partial charge in [0, 0.05) is 85.1 Å². The molecule has 6 heterocycles. The first-order valence-corrected chi connectivity index (χ1v) is 50.4. The molecule has 4 unspecified atom stereocenters. The second-order valence-electron chi connectivity index (χ2n) is 33.4. The quantitative estimate of drug-likeness (QED) is 0.0227. The van der Waals surface area contributed by atoms with Gasteiger partial charge in [0.15, 0.2) is 9.84 Å². The minimum Gasteiger partial charge on any atom is -0.462 e. The molecule has 135 heavy (non-hydrogen) atoms. The zero-order chi connectivity index (χ0) is 95.6. The van der Waals surface area contributed by atoms with E-state index in [1.54, 1.807) is 156 Å². The molecule has 700 valence electrons. The fraction of sp³-hybridized carbons (Fsp3) is 0.257. The number of carbonyl (C=O) groups is 9. The first-order chi connectivity index (χ1) is 64.8. The number of amides is 8. The van der Waals surface area contributed by atoms with Gasteiger partial charge in [0.1, 0.15) is 23.9 Å². The average Bonchev–Trinajstić information content (AvgIpc) is 0.778. The van der Waals surface area contributed by atoms with E-state index >= 15 is 0 Å². The van der Waals surface area contributed by atoms with Gasteiger partial charge in [0.05, 0.1) is 43.4 Å². The number of para-hydroxylation sites is 1. The number of ether oxygens (including phenoxy) is 1. The predicted octanol–water partition coefficient (Wildman–Crippen LogP) is 13.5. The number of piperidine rings is 1. The topological polar surface area (TPSA) is 414 Å². The van der Waals surface area contributed by atoms with Gasteiger partial charge in [-0.1, -0.05) is 159 Å². The van der Waals surface area contributed by atoms with Crippen LogP contribution in [0, 0.1) is 11.7 Å². The Bertz CT molecular complexity index is 6760. The van der Waals surface area contributed by atoms with E-state index in [1.807, 2.05) is 66.7 Å². The van der Waals surface area contributed by atoms with E-state index in [2.05, 4.69) is 53.0 Å². The fourth-order valence-electron chi connectivity index (χ4n) is 16.5. The van der Waals surface area contributed by atoms with Crippen LogP contribution in [0.3, 0.4) is 0 Å². The van der Waals surface area contributed by atoms with E-state index in [0.29, 0.717) is 116 Å². The standard InChI is InChI=1S/C27H27N3O6S.C26H25N3O4S.C24H21FN2O4S.C24H29N3O4S/c1-2-36-27(33)20-9-6-10-21(16-20)28-26(32)24(15-18-7-4-3-5-8-18)30-37(34,35)22-12-13-23-19(17-22)11-14-25(31)29-23;30-24-15-12-20-17-21(13-14-22(20)27-24)34(32,33)28-25(19-8-2-1-3-9-19)26(31)29-16-6-10-18-7-4-5-11-23(18)29;25-18-7-4-8-19(14-18)26-24(29)21(16-5-2-1-3-6-16)15-32(30,31)20-10-11-22-17(13-20)9-12-23(28)27-22;1-17-11-13-27(14-12-17)24(29)22(15-18-5-3-2-4-6-18)26-32(30,31)20-8-9-21-19(16-20)7-10-23(28)25-21/h3-10,12-13,16-17,24,30H,2,11,14-15H2,1H3,(H,28,32)(H,29,31);1-5,7-9,11,13-14,17,25,28H,6,10,12,15-16H2,(H,27,30);1-8,10-11,13-14,21H,9,12,15H2,(H,26,29)(H,27,28);2-6,8-9,16-17,22,26H,7,10-15H2,1H3,(H,25,28). The molecule has 0 aliphatic carbocycles. The molecule has 6 aliphatic rings. The molecule has 0 bridgehead atoms. The molecule has 11 aromatic rings. The lowest BCUT2D eigenvalue weighted by atomic mass is 9.98. The molecular formula is C101H102FN11O18S4. The Hall–Kier alpha value is -13.7. The van der Waals surface area contributed by atoms with E-state index in [-0.39, 0.29) is 92.1 Å². The van der Waals surface area contributed by atoms with Gasteiger partial charge in [-0.25, -0.2) is 42.9 Å². The summed E-state index contributed by atoms with van der Waals surface area (Å²) in [4.78, 5) is 116. The van der Waals surface area contributed by atoms with Crippen molar-refractivity contribution in [1.29, 1.82) is 0 Å². The van der Waals surface area contributed by atoms with E-state index in [9.17, 15) is 81.2 Å². The van der Waals surface area contributed by atoms with Crippen LogP contribution in [0.4, 0.5) is 44.2 Å². The highest BCUT2D eigenvalue weighted by Crippen LogP contribution is 2.36. The molecule has 4 atom stereocenters. The number of hydrogen-bond donors (Lipinski definition) is 9. The number of carbonyl (C=O) groups excluding carboxylic acids is 9. The maximum Gasteiger partial charge on any atom is 0.338 e. The third-order valence-electron chi connectivity index (χ3n) is 23.7. The van der Waals surface area contributed by atoms with Crippen LogP contribution >= 0.6 is 0 Å². The Morgan fingerprint density at radius 1 is 0.415 bits per heavy atom. The van der Waals surface area contributed by atoms with E-state index in [4.69, 9.17) is 4.74 Å². The van der Waals surface area contributed by atoms with Crippen molar-refractivity contribution in [2.45, 2.75) is 147 Å². The highest BCUT2D eigenvalue weighted by molar-refractivity contribution is 7.91. The largest absolute Gasteiger partial charge is 0.462 e. The van der Waals surface area contributed by atoms with Crippen molar-refractivity contribution in [1.82, 2.24) is 19.1 Å². The lowest BCUT2D eigenvalue weighted by Crippen LogP contribution is -2.51. The van der Waals surface area contributed by atoms with Crippen molar-refractivity contribution >= 4 is 133 Å². The normalized spacial score (nSPS) is 15.5. The highest BCUT2D eigenvalue weighted by Gasteiger charge is 2.38. The van der Waals surface area contributed by atoms with Crippen LogP contribution in [0.5, 0.6) is 0 Å². The number of sulfone groups is 1. The van der Waals surface area contributed by atoms with Gasteiger partial charge in [0.25, 0.3) is 0 Å². The monoisotopic (exact) mass is 1900 g/mol. The summed E-state index contributed by atoms with van der Waals surface area (Å²) in [7, 11) is -15.9. The lowest BCUT2D eigenvalue weighted by Gasteiger charge is -2.33. The van der Waals surface area contributed by atoms with Crippen LogP contribution in [0.25, 0.3) is 0 Å². The first-order valence-electron chi connectivity index (χ1n) is 44.3. The number of esters is 1. The predicted molar refractivity (Wildman–Crippen MR) is 511 cm³/mol. The Kier molecular flexibility index (Phi) is 31.7. The van der Waals surface area contributed by atoms with Crippen LogP contribution in [-0.4, -0.2) is 136 Å². The SMILES string of the molecule is CC1CCN(C(=O)C(Cc2ccccc2)NS(=O)(=O)c2ccc3c(c2)CCC(=O)N3)CC1.CCOC(=O)c1cccc(NC(=O)C(Cc2ccccc2)NS(=O)(=O)c2ccc3c(c2)CCC(=O)N3)c1.O=C1CCc2cc(S(=O)(=O)CC(C(=O)Nc3cccc(F)c3)c3ccccc3)ccc2N1.O=C1CCc2cc(S(=O)(=O)NC(C(=O)N3CCCc4ccccc43)c3ccccc3)ccc2N1. The number of benzene rings is 11. The summed E-state index contributed by atoms with van der Waals surface area (Å²) in [6.45, 7) is 5.90. The number of anilines is 7. The van der Waals surface area contributed by atoms with Gasteiger partial charge in [-0.3, -0.25) is 38.4 Å². The second-order valence-corrected chi connectivity index (χ2v) is 40.6. The van der Waals surface area contributed by atoms with Gasteiger partial charge < -0.3 is 46.4 Å². The van der Waals surface area contributed by atoms with Crippen LogP contribution < -0.4 is 51.0 Å². The number of nitrogens with zero attached hydrogens (tertiary/aromatic N) is 2. The number of halogens is 1. The third kappa shape index (κ3) is 25.6. The molecule has 9 N–H and O–H groups in total. The van der Waals surface area contributed by atoms with Gasteiger partial charge >= 0.3 is 5.97 Å². The van der Waals surface area contributed by atoms with Crippen molar-refractivity contribution in [2.75, 3.05) is 68.8 Å². The van der Waals surface area contributed by atoms with Crippen molar-refractivity contribution < 1.29 is 85.9 Å². The summed E-state index contributed by atoms with van der Waals surface area (Å²) in [6.07, 6.45) is 6.96. The number of aryl methyl sites for hydroxylation is 5. The molecule has 11 aromatic carbocycles.